The maximum atomic E-state index is 10.6. The highest BCUT2D eigenvalue weighted by atomic mass is 16.7. The highest BCUT2D eigenvalue weighted by Crippen LogP contribution is 2.16. The fourth-order valence-electron chi connectivity index (χ4n) is 0.455. The first kappa shape index (κ1) is 11.4. The smallest absolute Gasteiger partial charge is 0.311 e. The van der Waals surface area contributed by atoms with Gasteiger partial charge in [0.2, 0.25) is 0 Å². The second kappa shape index (κ2) is 4.42. The molecule has 0 aromatic heterocycles. The lowest BCUT2D eigenvalue weighted by molar-refractivity contribution is -0.162. The Balaban J connectivity index is 3.83. The summed E-state index contributed by atoms with van der Waals surface area (Å²) in [5.41, 5.74) is -0.854. The van der Waals surface area contributed by atoms with Gasteiger partial charge in [-0.25, -0.2) is 0 Å². The van der Waals surface area contributed by atoms with E-state index in [-0.39, 0.29) is 12.9 Å². The van der Waals surface area contributed by atoms with Crippen LogP contribution in [0, 0.1) is 5.41 Å². The molecule has 0 amide bonds. The number of ether oxygens (including phenoxy) is 2. The van der Waals surface area contributed by atoms with E-state index in [0.717, 1.165) is 0 Å². The summed E-state index contributed by atoms with van der Waals surface area (Å²) in [5.74, 6) is -0.870. The Hall–Kier alpha value is -0.610. The van der Waals surface area contributed by atoms with Crippen molar-refractivity contribution in [1.29, 1.82) is 0 Å². The summed E-state index contributed by atoms with van der Waals surface area (Å²) in [6.45, 7) is 5.09. The average Bonchev–Trinajstić information content (AvgIpc) is 2.00. The number of hydrogen-bond acceptors (Lipinski definition) is 3. The summed E-state index contributed by atoms with van der Waals surface area (Å²) >= 11 is 0. The van der Waals surface area contributed by atoms with Crippen LogP contribution in [0.4, 0.5) is 0 Å². The Morgan fingerprint density at radius 1 is 1.58 bits per heavy atom. The average molecular weight is 176 g/mol. The van der Waals surface area contributed by atoms with Gasteiger partial charge < -0.3 is 14.6 Å². The van der Waals surface area contributed by atoms with Crippen LogP contribution in [0.1, 0.15) is 20.8 Å². The van der Waals surface area contributed by atoms with Crippen molar-refractivity contribution in [2.75, 3.05) is 13.7 Å². The first-order chi connectivity index (χ1) is 5.40. The van der Waals surface area contributed by atoms with Crippen LogP contribution in [0.2, 0.25) is 0 Å². The van der Waals surface area contributed by atoms with Crippen molar-refractivity contribution in [3.05, 3.63) is 0 Å². The van der Waals surface area contributed by atoms with Crippen molar-refractivity contribution in [3.63, 3.8) is 0 Å². The molecule has 0 spiro atoms. The quantitative estimate of drug-likeness (QED) is 0.637. The van der Waals surface area contributed by atoms with Crippen molar-refractivity contribution in [3.8, 4) is 0 Å². The molecule has 0 aromatic carbocycles. The van der Waals surface area contributed by atoms with Crippen LogP contribution in [0.25, 0.3) is 0 Å². The zero-order valence-electron chi connectivity index (χ0n) is 7.96. The summed E-state index contributed by atoms with van der Waals surface area (Å²) in [5, 5.41) is 8.71. The molecule has 0 aliphatic carbocycles. The van der Waals surface area contributed by atoms with E-state index < -0.39 is 11.4 Å². The van der Waals surface area contributed by atoms with Crippen molar-refractivity contribution in [2.24, 2.45) is 5.41 Å². The van der Waals surface area contributed by atoms with Crippen LogP contribution in [0.3, 0.4) is 0 Å². The number of carboxylic acids is 1. The third-order valence-corrected chi connectivity index (χ3v) is 1.59. The number of rotatable bonds is 5. The second-order valence-corrected chi connectivity index (χ2v) is 3.30. The third-order valence-electron chi connectivity index (χ3n) is 1.59. The van der Waals surface area contributed by atoms with Crippen molar-refractivity contribution < 1.29 is 19.4 Å². The lowest BCUT2D eigenvalue weighted by Crippen LogP contribution is -2.31. The summed E-state index contributed by atoms with van der Waals surface area (Å²) in [4.78, 5) is 10.6. The Morgan fingerprint density at radius 3 is 2.42 bits per heavy atom. The minimum atomic E-state index is -0.870. The van der Waals surface area contributed by atoms with E-state index in [1.54, 1.807) is 20.8 Å². The maximum absolute atomic E-state index is 10.6. The molecule has 1 atom stereocenters. The number of hydrogen-bond donors (Lipinski definition) is 1. The Kier molecular flexibility index (Phi) is 4.20. The van der Waals surface area contributed by atoms with Crippen molar-refractivity contribution >= 4 is 5.97 Å². The molecule has 0 heterocycles. The van der Waals surface area contributed by atoms with Crippen LogP contribution in [-0.4, -0.2) is 31.1 Å². The van der Waals surface area contributed by atoms with Crippen molar-refractivity contribution in [1.82, 2.24) is 0 Å². The van der Waals surface area contributed by atoms with E-state index in [2.05, 4.69) is 0 Å². The first-order valence-corrected chi connectivity index (χ1v) is 3.78. The van der Waals surface area contributed by atoms with Gasteiger partial charge in [0.15, 0.2) is 6.29 Å². The molecule has 0 saturated heterocycles. The van der Waals surface area contributed by atoms with Gasteiger partial charge in [-0.2, -0.15) is 0 Å². The van der Waals surface area contributed by atoms with E-state index in [1.165, 1.54) is 7.11 Å². The molecule has 0 fully saturated rings. The predicted molar refractivity (Wildman–Crippen MR) is 43.8 cm³/mol. The van der Waals surface area contributed by atoms with E-state index >= 15 is 0 Å². The topological polar surface area (TPSA) is 55.8 Å². The van der Waals surface area contributed by atoms with Gasteiger partial charge in [-0.15, -0.1) is 0 Å². The molecule has 0 aliphatic heterocycles. The Labute approximate surface area is 72.5 Å². The fourth-order valence-corrected chi connectivity index (χ4v) is 0.455. The molecule has 0 aliphatic rings. The molecular weight excluding hydrogens is 160 g/mol. The van der Waals surface area contributed by atoms with Crippen LogP contribution in [0.5, 0.6) is 0 Å². The SMILES string of the molecule is COC(C)OCC(C)(C)C(=O)O. The molecule has 0 saturated carbocycles. The predicted octanol–water partition coefficient (Wildman–Crippen LogP) is 1.11. The van der Waals surface area contributed by atoms with Crippen LogP contribution in [0.15, 0.2) is 0 Å². The zero-order valence-corrected chi connectivity index (χ0v) is 7.96. The Bertz CT molecular complexity index is 153. The molecule has 0 aromatic rings. The molecule has 4 nitrogen and oxygen atoms in total. The normalized spacial score (nSPS) is 14.3. The van der Waals surface area contributed by atoms with E-state index in [4.69, 9.17) is 14.6 Å². The molecule has 72 valence electrons. The van der Waals surface area contributed by atoms with Gasteiger partial charge in [-0.05, 0) is 20.8 Å². The first-order valence-electron chi connectivity index (χ1n) is 3.78. The lowest BCUT2D eigenvalue weighted by atomic mass is 9.95. The summed E-state index contributed by atoms with van der Waals surface area (Å²) in [6, 6.07) is 0. The van der Waals surface area contributed by atoms with Gasteiger partial charge in [0, 0.05) is 7.11 Å². The third kappa shape index (κ3) is 3.69. The lowest BCUT2D eigenvalue weighted by Gasteiger charge is -2.21. The molecule has 0 bridgehead atoms. The Morgan fingerprint density at radius 2 is 2.08 bits per heavy atom. The van der Waals surface area contributed by atoms with Crippen LogP contribution >= 0.6 is 0 Å². The summed E-state index contributed by atoms with van der Waals surface area (Å²) in [7, 11) is 1.51. The number of aliphatic carboxylic acids is 1. The standard InChI is InChI=1S/C8H16O4/c1-6(11-4)12-5-8(2,3)7(9)10/h6H,5H2,1-4H3,(H,9,10). The van der Waals surface area contributed by atoms with Gasteiger partial charge >= 0.3 is 5.97 Å². The monoisotopic (exact) mass is 176 g/mol. The largest absolute Gasteiger partial charge is 0.481 e. The number of methoxy groups -OCH3 is 1. The van der Waals surface area contributed by atoms with E-state index in [1.807, 2.05) is 0 Å². The highest BCUT2D eigenvalue weighted by Gasteiger charge is 2.28. The number of carbonyl (C=O) groups is 1. The van der Waals surface area contributed by atoms with Gasteiger partial charge in [0.05, 0.1) is 12.0 Å². The second-order valence-electron chi connectivity index (χ2n) is 3.30. The molecule has 1 unspecified atom stereocenters. The van der Waals surface area contributed by atoms with Crippen molar-refractivity contribution in [2.45, 2.75) is 27.1 Å². The maximum Gasteiger partial charge on any atom is 0.311 e. The zero-order chi connectivity index (χ0) is 9.78. The summed E-state index contributed by atoms with van der Waals surface area (Å²) in [6.07, 6.45) is -0.358. The van der Waals surface area contributed by atoms with Gasteiger partial charge in [0.25, 0.3) is 0 Å². The van der Waals surface area contributed by atoms with Crippen LogP contribution in [-0.2, 0) is 14.3 Å². The summed E-state index contributed by atoms with van der Waals surface area (Å²) < 4.78 is 9.92. The molecule has 0 rings (SSSR count). The minimum Gasteiger partial charge on any atom is -0.481 e. The molecule has 0 radical (unpaired) electrons. The molecule has 1 N–H and O–H groups in total. The number of carboxylic acid groups (broad SMARTS) is 1. The molecule has 12 heavy (non-hydrogen) atoms. The van der Waals surface area contributed by atoms with Gasteiger partial charge in [-0.3, -0.25) is 4.79 Å². The minimum absolute atomic E-state index is 0.150. The highest BCUT2D eigenvalue weighted by molar-refractivity contribution is 5.73. The van der Waals surface area contributed by atoms with Crippen LogP contribution < -0.4 is 0 Å². The van der Waals surface area contributed by atoms with E-state index in [9.17, 15) is 4.79 Å². The van der Waals surface area contributed by atoms with Gasteiger partial charge in [-0.1, -0.05) is 0 Å². The molecule has 4 heteroatoms. The molecular formula is C8H16O4. The van der Waals surface area contributed by atoms with E-state index in [0.29, 0.717) is 0 Å². The van der Waals surface area contributed by atoms with Gasteiger partial charge in [0.1, 0.15) is 0 Å². The fraction of sp³-hybridized carbons (Fsp3) is 0.875.